The highest BCUT2D eigenvalue weighted by molar-refractivity contribution is 6.01. The molecule has 2 aromatic rings. The Kier molecular flexibility index (Phi) is 3.05. The molecule has 0 aliphatic heterocycles. The molecule has 1 aromatic heterocycles. The Bertz CT molecular complexity index is 964. The predicted octanol–water partition coefficient (Wildman–Crippen LogP) is 4.03. The number of aryl methyl sites for hydroxylation is 1. The van der Waals surface area contributed by atoms with Crippen LogP contribution in [0.2, 0.25) is 0 Å². The van der Waals surface area contributed by atoms with Crippen LogP contribution in [0.1, 0.15) is 32.8 Å². The van der Waals surface area contributed by atoms with E-state index in [0.29, 0.717) is 23.8 Å². The summed E-state index contributed by atoms with van der Waals surface area (Å²) in [6, 6.07) is 7.21. The van der Waals surface area contributed by atoms with Gasteiger partial charge in [-0.2, -0.15) is 0 Å². The van der Waals surface area contributed by atoms with Crippen molar-refractivity contribution in [1.82, 2.24) is 0 Å². The fraction of sp³-hybridized carbons (Fsp3) is 0.400. The Labute approximate surface area is 140 Å². The topological polar surface area (TPSA) is 59.3 Å². The van der Waals surface area contributed by atoms with E-state index >= 15 is 0 Å². The van der Waals surface area contributed by atoms with E-state index in [4.69, 9.17) is 4.42 Å². The summed E-state index contributed by atoms with van der Waals surface area (Å²) >= 11 is 0. The van der Waals surface area contributed by atoms with Crippen molar-refractivity contribution >= 4 is 22.4 Å². The van der Waals surface area contributed by atoms with Gasteiger partial charge in [0.1, 0.15) is 5.58 Å². The number of ketones is 1. The maximum Gasteiger partial charge on any atom is 0.336 e. The van der Waals surface area contributed by atoms with Crippen LogP contribution in [0.5, 0.6) is 0 Å². The van der Waals surface area contributed by atoms with Gasteiger partial charge in [0.05, 0.1) is 0 Å². The van der Waals surface area contributed by atoms with E-state index in [2.05, 4.69) is 19.2 Å². The molecule has 1 N–H and O–H groups in total. The molecule has 0 amide bonds. The number of hydrogen-bond donors (Lipinski definition) is 1. The van der Waals surface area contributed by atoms with Gasteiger partial charge in [-0.25, -0.2) is 4.79 Å². The van der Waals surface area contributed by atoms with Gasteiger partial charge in [-0.3, -0.25) is 4.79 Å². The quantitative estimate of drug-likeness (QED) is 0.669. The molecule has 0 spiro atoms. The van der Waals surface area contributed by atoms with Crippen LogP contribution in [0.4, 0.5) is 5.69 Å². The summed E-state index contributed by atoms with van der Waals surface area (Å²) in [6.45, 7) is 8.32. The van der Waals surface area contributed by atoms with Crippen molar-refractivity contribution < 1.29 is 9.21 Å². The van der Waals surface area contributed by atoms with E-state index in [0.717, 1.165) is 27.9 Å². The summed E-state index contributed by atoms with van der Waals surface area (Å²) in [5.74, 6) is 1.13. The van der Waals surface area contributed by atoms with E-state index in [1.165, 1.54) is 6.07 Å². The lowest BCUT2D eigenvalue weighted by molar-refractivity contribution is -0.115. The van der Waals surface area contributed by atoms with Gasteiger partial charge >= 0.3 is 5.63 Å². The molecule has 4 heteroatoms. The summed E-state index contributed by atoms with van der Waals surface area (Å²) in [5.41, 5.74) is 4.03. The van der Waals surface area contributed by atoms with Crippen molar-refractivity contribution in [1.29, 1.82) is 0 Å². The van der Waals surface area contributed by atoms with Crippen LogP contribution in [0, 0.1) is 24.2 Å². The first-order valence-corrected chi connectivity index (χ1v) is 8.34. The molecule has 2 aliphatic carbocycles. The van der Waals surface area contributed by atoms with Crippen molar-refractivity contribution in [2.24, 2.45) is 17.3 Å². The number of carbonyl (C=O) groups is 1. The lowest BCUT2D eigenvalue weighted by atomic mass is 9.95. The molecular formula is C20H21NO3. The number of anilines is 1. The van der Waals surface area contributed by atoms with Crippen molar-refractivity contribution in [3.05, 3.63) is 51.5 Å². The second kappa shape index (κ2) is 4.82. The van der Waals surface area contributed by atoms with Crippen LogP contribution >= 0.6 is 0 Å². The first-order chi connectivity index (χ1) is 11.3. The predicted molar refractivity (Wildman–Crippen MR) is 93.9 cm³/mol. The largest absolute Gasteiger partial charge is 0.423 e. The van der Waals surface area contributed by atoms with Crippen molar-refractivity contribution in [2.75, 3.05) is 5.32 Å². The van der Waals surface area contributed by atoms with Crippen LogP contribution < -0.4 is 10.9 Å². The standard InChI is InChI=1S/C20H21NO3/c1-10-7-17(23)24-16-8-12(5-6-13(10)16)21-11(2)18-15(22)9-14-19(18)20(14,3)4/h5-8,14,19,21H,9H2,1-4H3/t14-,19+/m1/s1. The first kappa shape index (κ1) is 15.2. The normalized spacial score (nSPS) is 26.4. The average Bonchev–Trinajstić information content (AvgIpc) is 2.85. The second-order valence-electron chi connectivity index (χ2n) is 7.66. The molecule has 0 bridgehead atoms. The van der Waals surface area contributed by atoms with Gasteiger partial charge in [-0.1, -0.05) is 13.8 Å². The zero-order chi connectivity index (χ0) is 17.2. The Morgan fingerprint density at radius 2 is 2.00 bits per heavy atom. The average molecular weight is 323 g/mol. The van der Waals surface area contributed by atoms with Gasteiger partial charge in [0, 0.05) is 40.9 Å². The fourth-order valence-electron chi connectivity index (χ4n) is 4.31. The third-order valence-corrected chi connectivity index (χ3v) is 5.75. The smallest absolute Gasteiger partial charge is 0.336 e. The zero-order valence-electron chi connectivity index (χ0n) is 14.4. The molecule has 2 atom stereocenters. The summed E-state index contributed by atoms with van der Waals surface area (Å²) in [4.78, 5) is 23.8. The number of benzene rings is 1. The Hall–Kier alpha value is -2.36. The minimum Gasteiger partial charge on any atom is -0.423 e. The molecule has 124 valence electrons. The molecule has 2 aliphatic rings. The van der Waals surface area contributed by atoms with E-state index in [9.17, 15) is 9.59 Å². The van der Waals surface area contributed by atoms with Crippen molar-refractivity contribution in [2.45, 2.75) is 34.1 Å². The highest BCUT2D eigenvalue weighted by atomic mass is 16.4. The molecule has 1 heterocycles. The van der Waals surface area contributed by atoms with E-state index in [1.807, 2.05) is 32.0 Å². The van der Waals surface area contributed by atoms with Gasteiger partial charge in [-0.15, -0.1) is 0 Å². The van der Waals surface area contributed by atoms with Crippen LogP contribution in [0.15, 0.2) is 44.7 Å². The van der Waals surface area contributed by atoms with E-state index in [-0.39, 0.29) is 16.8 Å². The third kappa shape index (κ3) is 2.13. The fourth-order valence-corrected chi connectivity index (χ4v) is 4.31. The molecule has 0 radical (unpaired) electrons. The van der Waals surface area contributed by atoms with Crippen LogP contribution in [-0.4, -0.2) is 5.78 Å². The Morgan fingerprint density at radius 3 is 2.71 bits per heavy atom. The minimum absolute atomic E-state index is 0.236. The third-order valence-electron chi connectivity index (χ3n) is 5.75. The SMILES string of the molecule is CC(Nc1ccc2c(C)cc(=O)oc2c1)=C1C(=O)C[C@@H]2[C@@H]1C2(C)C. The Balaban J connectivity index is 1.70. The number of hydrogen-bond acceptors (Lipinski definition) is 4. The zero-order valence-corrected chi connectivity index (χ0v) is 14.4. The van der Waals surface area contributed by atoms with Crippen molar-refractivity contribution in [3.8, 4) is 0 Å². The molecule has 0 saturated heterocycles. The molecule has 24 heavy (non-hydrogen) atoms. The summed E-state index contributed by atoms with van der Waals surface area (Å²) in [7, 11) is 0. The Morgan fingerprint density at radius 1 is 1.25 bits per heavy atom. The maximum absolute atomic E-state index is 12.3. The summed E-state index contributed by atoms with van der Waals surface area (Å²) < 4.78 is 5.30. The number of Topliss-reactive ketones (excluding diaryl/α,β-unsaturated/α-hetero) is 1. The molecule has 2 saturated carbocycles. The first-order valence-electron chi connectivity index (χ1n) is 8.34. The number of carbonyl (C=O) groups excluding carboxylic acids is 1. The maximum atomic E-state index is 12.3. The summed E-state index contributed by atoms with van der Waals surface area (Å²) in [6.07, 6.45) is 0.664. The van der Waals surface area contributed by atoms with Gasteiger partial charge in [0.15, 0.2) is 5.78 Å². The second-order valence-corrected chi connectivity index (χ2v) is 7.66. The lowest BCUT2D eigenvalue weighted by Crippen LogP contribution is -2.12. The number of allylic oxidation sites excluding steroid dienone is 2. The molecular weight excluding hydrogens is 302 g/mol. The molecule has 4 nitrogen and oxygen atoms in total. The summed E-state index contributed by atoms with van der Waals surface area (Å²) in [5, 5.41) is 4.26. The molecule has 1 aromatic carbocycles. The molecule has 0 unspecified atom stereocenters. The van der Waals surface area contributed by atoms with Gasteiger partial charge in [0.25, 0.3) is 0 Å². The van der Waals surface area contributed by atoms with Crippen LogP contribution in [0.3, 0.4) is 0 Å². The highest BCUT2D eigenvalue weighted by Crippen LogP contribution is 2.68. The minimum atomic E-state index is -0.347. The number of rotatable bonds is 2. The monoisotopic (exact) mass is 323 g/mol. The van der Waals surface area contributed by atoms with Crippen molar-refractivity contribution in [3.63, 3.8) is 0 Å². The van der Waals surface area contributed by atoms with Gasteiger partial charge in [0.2, 0.25) is 0 Å². The van der Waals surface area contributed by atoms with Gasteiger partial charge < -0.3 is 9.73 Å². The van der Waals surface area contributed by atoms with E-state index < -0.39 is 0 Å². The van der Waals surface area contributed by atoms with Crippen LogP contribution in [0.25, 0.3) is 11.0 Å². The van der Waals surface area contributed by atoms with Crippen LogP contribution in [-0.2, 0) is 4.79 Å². The lowest BCUT2D eigenvalue weighted by Gasteiger charge is -2.15. The van der Waals surface area contributed by atoms with E-state index in [1.54, 1.807) is 0 Å². The molecule has 4 rings (SSSR count). The highest BCUT2D eigenvalue weighted by Gasteiger charge is 2.65. The van der Waals surface area contributed by atoms with Gasteiger partial charge in [-0.05, 0) is 48.8 Å². The number of fused-ring (bicyclic) bond motifs is 2. The number of nitrogens with one attached hydrogen (secondary N) is 1. The molecule has 2 fully saturated rings.